The Labute approximate surface area is 196 Å². The van der Waals surface area contributed by atoms with E-state index in [1.54, 1.807) is 12.1 Å². The average molecular weight is 561 g/mol. The summed E-state index contributed by atoms with van der Waals surface area (Å²) in [6, 6.07) is 4.84. The number of aliphatic hydroxyl groups excluding tert-OH is 2. The Morgan fingerprint density at radius 2 is 2.12 bits per heavy atom. The third-order valence-electron chi connectivity index (χ3n) is 5.26. The van der Waals surface area contributed by atoms with Crippen molar-refractivity contribution >= 4 is 28.3 Å². The molecule has 1 saturated heterocycles. The molecule has 1 unspecified atom stereocenters. The summed E-state index contributed by atoms with van der Waals surface area (Å²) < 4.78 is 13.3. The average Bonchev–Trinajstić information content (AvgIpc) is 3.10. The second kappa shape index (κ2) is 10.2. The van der Waals surface area contributed by atoms with Crippen molar-refractivity contribution in [3.8, 4) is 0 Å². The quantitative estimate of drug-likeness (QED) is 0.249. The van der Waals surface area contributed by atoms with Crippen LogP contribution in [0.1, 0.15) is 43.7 Å². The van der Waals surface area contributed by atoms with Crippen LogP contribution in [-0.2, 0) is 16.1 Å². The van der Waals surface area contributed by atoms with Gasteiger partial charge < -0.3 is 19.7 Å². The predicted octanol–water partition coefficient (Wildman–Crippen LogP) is 1.60. The molecule has 3 rings (SSSR count). The van der Waals surface area contributed by atoms with Gasteiger partial charge in [-0.1, -0.05) is 13.8 Å². The van der Waals surface area contributed by atoms with Crippen LogP contribution >= 0.6 is 22.6 Å². The molecule has 0 bridgehead atoms. The van der Waals surface area contributed by atoms with Gasteiger partial charge in [0, 0.05) is 22.3 Å². The van der Waals surface area contributed by atoms with Crippen molar-refractivity contribution in [3.05, 3.63) is 70.0 Å². The maximum atomic E-state index is 12.3. The van der Waals surface area contributed by atoms with Crippen molar-refractivity contribution in [2.45, 2.75) is 51.4 Å². The number of rotatable bonds is 8. The highest BCUT2D eigenvalue weighted by molar-refractivity contribution is 14.1. The Morgan fingerprint density at radius 1 is 1.41 bits per heavy atom. The summed E-state index contributed by atoms with van der Waals surface area (Å²) >= 11 is 1.99. The molecule has 12 heteroatoms. The van der Waals surface area contributed by atoms with E-state index < -0.39 is 47.3 Å². The van der Waals surface area contributed by atoms with E-state index in [-0.39, 0.29) is 30.2 Å². The number of benzene rings is 1. The summed E-state index contributed by atoms with van der Waals surface area (Å²) in [6.45, 7) is 3.08. The van der Waals surface area contributed by atoms with Crippen LogP contribution in [0.5, 0.6) is 0 Å². The molecule has 0 aliphatic carbocycles. The first-order valence-corrected chi connectivity index (χ1v) is 11.0. The molecule has 11 nitrogen and oxygen atoms in total. The molecular weight excluding hydrogens is 537 g/mol. The summed E-state index contributed by atoms with van der Waals surface area (Å²) in [5.74, 6) is -0.141. The SMILES string of the molecule is CC(C)C(OCc1cn([C@H]2C[C@H](O)[C@@H](CO)O2)c(=O)[nH]c1=O)c1ccc(I)cc1[N+](=O)[O-]. The van der Waals surface area contributed by atoms with E-state index in [9.17, 15) is 29.9 Å². The molecule has 174 valence electrons. The Bertz CT molecular complexity index is 1100. The van der Waals surface area contributed by atoms with Crippen molar-refractivity contribution < 1.29 is 24.6 Å². The first kappa shape index (κ1) is 24.5. The van der Waals surface area contributed by atoms with Crippen molar-refractivity contribution in [1.82, 2.24) is 9.55 Å². The van der Waals surface area contributed by atoms with Crippen molar-refractivity contribution in [1.29, 1.82) is 0 Å². The lowest BCUT2D eigenvalue weighted by Crippen LogP contribution is -2.34. The van der Waals surface area contributed by atoms with Crippen LogP contribution in [-0.4, -0.2) is 43.5 Å². The van der Waals surface area contributed by atoms with Gasteiger partial charge in [-0.05, 0) is 40.6 Å². The second-order valence-corrected chi connectivity index (χ2v) is 9.12. The van der Waals surface area contributed by atoms with Gasteiger partial charge in [0.05, 0.1) is 41.5 Å². The maximum absolute atomic E-state index is 12.3. The van der Waals surface area contributed by atoms with Gasteiger partial charge in [-0.3, -0.25) is 24.5 Å². The van der Waals surface area contributed by atoms with Gasteiger partial charge in [0.15, 0.2) is 0 Å². The fourth-order valence-electron chi connectivity index (χ4n) is 3.63. The second-order valence-electron chi connectivity index (χ2n) is 7.87. The molecule has 1 aromatic heterocycles. The van der Waals surface area contributed by atoms with Crippen molar-refractivity contribution in [2.75, 3.05) is 6.61 Å². The lowest BCUT2D eigenvalue weighted by atomic mass is 9.97. The highest BCUT2D eigenvalue weighted by Gasteiger charge is 2.35. The van der Waals surface area contributed by atoms with E-state index in [0.717, 1.165) is 4.57 Å². The standard InChI is InChI=1S/C20H24IN3O8/c1-10(2)18(13-4-3-12(21)5-14(13)24(29)30)31-9-11-7-23(20(28)22-19(11)27)17-6-15(26)16(8-25)32-17/h3-5,7,10,15-18,25-26H,6,8-9H2,1-2H3,(H,22,27,28)/t15-,16+,17+,18?/m0/s1. The minimum absolute atomic E-state index is 0.0704. The number of ether oxygens (including phenoxy) is 2. The largest absolute Gasteiger partial charge is 0.394 e. The molecule has 0 spiro atoms. The number of hydrogen-bond donors (Lipinski definition) is 3. The molecule has 4 atom stereocenters. The summed E-state index contributed by atoms with van der Waals surface area (Å²) in [5.41, 5.74) is -0.929. The number of nitro benzene ring substituents is 1. The molecule has 0 radical (unpaired) electrons. The van der Waals surface area contributed by atoms with Gasteiger partial charge in [0.25, 0.3) is 11.2 Å². The molecule has 1 aliphatic heterocycles. The van der Waals surface area contributed by atoms with Gasteiger partial charge in [-0.2, -0.15) is 0 Å². The van der Waals surface area contributed by atoms with Crippen LogP contribution in [0.2, 0.25) is 0 Å². The minimum atomic E-state index is -0.949. The topological polar surface area (TPSA) is 157 Å². The number of nitro groups is 1. The predicted molar refractivity (Wildman–Crippen MR) is 121 cm³/mol. The molecule has 3 N–H and O–H groups in total. The molecule has 32 heavy (non-hydrogen) atoms. The van der Waals surface area contributed by atoms with Gasteiger partial charge >= 0.3 is 5.69 Å². The number of nitrogens with zero attached hydrogens (tertiary/aromatic N) is 2. The maximum Gasteiger partial charge on any atom is 0.330 e. The number of hydrogen-bond acceptors (Lipinski definition) is 8. The van der Waals surface area contributed by atoms with Crippen LogP contribution in [0.3, 0.4) is 0 Å². The minimum Gasteiger partial charge on any atom is -0.394 e. The summed E-state index contributed by atoms with van der Waals surface area (Å²) in [5, 5.41) is 30.7. The van der Waals surface area contributed by atoms with Crippen molar-refractivity contribution in [3.63, 3.8) is 0 Å². The molecular formula is C20H24IN3O8. The van der Waals surface area contributed by atoms with Gasteiger partial charge in [0.1, 0.15) is 12.3 Å². The Kier molecular flexibility index (Phi) is 7.82. The Morgan fingerprint density at radius 3 is 2.72 bits per heavy atom. The summed E-state index contributed by atoms with van der Waals surface area (Å²) in [6.07, 6.45) is -1.95. The van der Waals surface area contributed by atoms with Crippen molar-refractivity contribution in [2.24, 2.45) is 5.92 Å². The van der Waals surface area contributed by atoms with Crippen LogP contribution in [0.4, 0.5) is 5.69 Å². The van der Waals surface area contributed by atoms with Gasteiger partial charge in [-0.15, -0.1) is 0 Å². The fraction of sp³-hybridized carbons (Fsp3) is 0.500. The molecule has 0 saturated carbocycles. The lowest BCUT2D eigenvalue weighted by Gasteiger charge is -2.22. The zero-order chi connectivity index (χ0) is 23.6. The molecule has 1 aliphatic rings. The smallest absolute Gasteiger partial charge is 0.330 e. The normalized spacial score (nSPS) is 21.8. The Hall–Kier alpha value is -2.13. The number of halogens is 1. The van der Waals surface area contributed by atoms with Crippen LogP contribution in [0.25, 0.3) is 0 Å². The highest BCUT2D eigenvalue weighted by Crippen LogP contribution is 2.34. The monoisotopic (exact) mass is 561 g/mol. The third-order valence-corrected chi connectivity index (χ3v) is 5.93. The molecule has 1 aromatic carbocycles. The third kappa shape index (κ3) is 5.26. The zero-order valence-electron chi connectivity index (χ0n) is 17.4. The summed E-state index contributed by atoms with van der Waals surface area (Å²) in [4.78, 5) is 37.9. The zero-order valence-corrected chi connectivity index (χ0v) is 19.6. The van der Waals surface area contributed by atoms with E-state index in [2.05, 4.69) is 4.98 Å². The van der Waals surface area contributed by atoms with Crippen LogP contribution < -0.4 is 11.2 Å². The van der Waals surface area contributed by atoms with E-state index in [1.165, 1.54) is 12.3 Å². The van der Waals surface area contributed by atoms with Gasteiger partial charge in [0.2, 0.25) is 0 Å². The van der Waals surface area contributed by atoms with Crippen LogP contribution in [0, 0.1) is 19.6 Å². The first-order valence-electron chi connectivity index (χ1n) is 9.96. The number of H-pyrrole nitrogens is 1. The first-order chi connectivity index (χ1) is 15.1. The van der Waals surface area contributed by atoms with Crippen LogP contribution in [0.15, 0.2) is 34.0 Å². The molecule has 0 amide bonds. The number of nitrogens with one attached hydrogen (secondary N) is 1. The van der Waals surface area contributed by atoms with E-state index in [1.807, 2.05) is 36.4 Å². The Balaban J connectivity index is 1.88. The lowest BCUT2D eigenvalue weighted by molar-refractivity contribution is -0.386. The van der Waals surface area contributed by atoms with Gasteiger partial charge in [-0.25, -0.2) is 4.79 Å². The molecule has 2 aromatic rings. The van der Waals surface area contributed by atoms with E-state index >= 15 is 0 Å². The number of aliphatic hydroxyl groups is 2. The fourth-order valence-corrected chi connectivity index (χ4v) is 4.11. The molecule has 2 heterocycles. The highest BCUT2D eigenvalue weighted by atomic mass is 127. The van der Waals surface area contributed by atoms with E-state index in [4.69, 9.17) is 9.47 Å². The summed E-state index contributed by atoms with van der Waals surface area (Å²) in [7, 11) is 0. The molecule has 1 fully saturated rings. The number of aromatic amines is 1. The van der Waals surface area contributed by atoms with E-state index in [0.29, 0.717) is 9.13 Å². The number of aromatic nitrogens is 2.